The third-order valence-corrected chi connectivity index (χ3v) is 2.43. The van der Waals surface area contributed by atoms with E-state index in [-0.39, 0.29) is 6.23 Å². The molecule has 1 atom stereocenters. The quantitative estimate of drug-likeness (QED) is 0.619. The SMILES string of the molecule is CC(Nc1ccccc1)OBc1cc[c]cc1. The topological polar surface area (TPSA) is 21.3 Å². The fourth-order valence-electron chi connectivity index (χ4n) is 1.55. The zero-order valence-electron chi connectivity index (χ0n) is 9.89. The van der Waals surface area contributed by atoms with Crippen LogP contribution in [-0.4, -0.2) is 13.7 Å². The Morgan fingerprint density at radius 3 is 2.53 bits per heavy atom. The van der Waals surface area contributed by atoms with Crippen LogP contribution in [0.15, 0.2) is 54.6 Å². The second kappa shape index (κ2) is 6.11. The summed E-state index contributed by atoms with van der Waals surface area (Å²) in [5.74, 6) is 0. The van der Waals surface area contributed by atoms with Crippen LogP contribution in [0.4, 0.5) is 5.69 Å². The van der Waals surface area contributed by atoms with Crippen molar-refractivity contribution < 1.29 is 4.65 Å². The van der Waals surface area contributed by atoms with Crippen molar-refractivity contribution >= 4 is 18.6 Å². The van der Waals surface area contributed by atoms with Crippen LogP contribution in [0.1, 0.15) is 6.92 Å². The van der Waals surface area contributed by atoms with Crippen LogP contribution in [0.3, 0.4) is 0 Å². The molecule has 3 heteroatoms. The second-order valence-electron chi connectivity index (χ2n) is 3.87. The molecule has 17 heavy (non-hydrogen) atoms. The standard InChI is InChI=1S/C14H15BNO/c1-12(16-14-10-6-3-7-11-14)17-15-13-8-4-2-5-9-13/h3-12,15-16H,1H3. The number of hydrogen-bond acceptors (Lipinski definition) is 2. The van der Waals surface area contributed by atoms with Gasteiger partial charge < -0.3 is 9.97 Å². The van der Waals surface area contributed by atoms with Crippen molar-refractivity contribution in [3.05, 3.63) is 60.7 Å². The molecule has 0 aliphatic heterocycles. The highest BCUT2D eigenvalue weighted by Crippen LogP contribution is 2.06. The summed E-state index contributed by atoms with van der Waals surface area (Å²) in [5.41, 5.74) is 2.23. The first kappa shape index (κ1) is 11.7. The van der Waals surface area contributed by atoms with Crippen molar-refractivity contribution in [1.29, 1.82) is 0 Å². The van der Waals surface area contributed by atoms with Crippen LogP contribution in [0, 0.1) is 6.07 Å². The number of para-hydroxylation sites is 1. The monoisotopic (exact) mass is 224 g/mol. The van der Waals surface area contributed by atoms with Crippen molar-refractivity contribution in [1.82, 2.24) is 0 Å². The third-order valence-electron chi connectivity index (χ3n) is 2.43. The maximum absolute atomic E-state index is 5.71. The van der Waals surface area contributed by atoms with E-state index in [0.29, 0.717) is 7.48 Å². The molecule has 0 amide bonds. The molecule has 0 saturated carbocycles. The lowest BCUT2D eigenvalue weighted by atomic mass is 9.88. The van der Waals surface area contributed by atoms with Gasteiger partial charge in [0, 0.05) is 5.69 Å². The summed E-state index contributed by atoms with van der Waals surface area (Å²) < 4.78 is 5.71. The summed E-state index contributed by atoms with van der Waals surface area (Å²) in [6.07, 6.45) is -0.0124. The zero-order valence-corrected chi connectivity index (χ0v) is 9.89. The van der Waals surface area contributed by atoms with E-state index in [1.165, 1.54) is 0 Å². The van der Waals surface area contributed by atoms with Crippen LogP contribution in [0.2, 0.25) is 0 Å². The molecule has 85 valence electrons. The van der Waals surface area contributed by atoms with Crippen LogP contribution in [-0.2, 0) is 4.65 Å². The summed E-state index contributed by atoms with van der Waals surface area (Å²) in [4.78, 5) is 0. The highest BCUT2D eigenvalue weighted by molar-refractivity contribution is 6.46. The molecule has 0 fully saturated rings. The van der Waals surface area contributed by atoms with Gasteiger partial charge in [-0.2, -0.15) is 0 Å². The predicted molar refractivity (Wildman–Crippen MR) is 72.7 cm³/mol. The van der Waals surface area contributed by atoms with E-state index in [1.54, 1.807) is 0 Å². The summed E-state index contributed by atoms with van der Waals surface area (Å²) in [7, 11) is 0.607. The minimum Gasteiger partial charge on any atom is -0.416 e. The lowest BCUT2D eigenvalue weighted by molar-refractivity contribution is 0.269. The Labute approximate surface area is 103 Å². The molecular weight excluding hydrogens is 209 g/mol. The van der Waals surface area contributed by atoms with Gasteiger partial charge in [-0.25, -0.2) is 0 Å². The average molecular weight is 224 g/mol. The molecular formula is C14H15BNO. The van der Waals surface area contributed by atoms with Gasteiger partial charge in [0.25, 0.3) is 0 Å². The Kier molecular flexibility index (Phi) is 4.22. The predicted octanol–water partition coefficient (Wildman–Crippen LogP) is 1.94. The van der Waals surface area contributed by atoms with E-state index in [9.17, 15) is 0 Å². The first-order chi connectivity index (χ1) is 8.34. The van der Waals surface area contributed by atoms with Crippen LogP contribution in [0.5, 0.6) is 0 Å². The summed E-state index contributed by atoms with van der Waals surface area (Å²) >= 11 is 0. The molecule has 1 N–H and O–H groups in total. The summed E-state index contributed by atoms with van der Waals surface area (Å²) in [6, 6.07) is 20.9. The van der Waals surface area contributed by atoms with Crippen molar-refractivity contribution in [3.8, 4) is 0 Å². The van der Waals surface area contributed by atoms with Gasteiger partial charge in [0.05, 0.1) is 0 Å². The van der Waals surface area contributed by atoms with Gasteiger partial charge in [-0.15, -0.1) is 0 Å². The molecule has 2 aromatic rings. The third kappa shape index (κ3) is 3.96. The first-order valence-electron chi connectivity index (χ1n) is 5.73. The average Bonchev–Trinajstić information content (AvgIpc) is 2.39. The van der Waals surface area contributed by atoms with Crippen molar-refractivity contribution in [2.24, 2.45) is 0 Å². The van der Waals surface area contributed by atoms with Gasteiger partial charge in [0.1, 0.15) is 6.23 Å². The Morgan fingerprint density at radius 2 is 1.82 bits per heavy atom. The molecule has 0 aliphatic rings. The van der Waals surface area contributed by atoms with Gasteiger partial charge in [0.15, 0.2) is 0 Å². The molecule has 2 nitrogen and oxygen atoms in total. The van der Waals surface area contributed by atoms with Gasteiger partial charge in [-0.05, 0) is 25.1 Å². The normalized spacial score (nSPS) is 11.8. The first-order valence-corrected chi connectivity index (χ1v) is 5.73. The van der Waals surface area contributed by atoms with Crippen molar-refractivity contribution in [2.45, 2.75) is 13.2 Å². The number of benzene rings is 2. The van der Waals surface area contributed by atoms with Gasteiger partial charge in [-0.3, -0.25) is 0 Å². The fourth-order valence-corrected chi connectivity index (χ4v) is 1.55. The molecule has 2 aromatic carbocycles. The van der Waals surface area contributed by atoms with E-state index in [0.717, 1.165) is 11.2 Å². The van der Waals surface area contributed by atoms with Crippen LogP contribution < -0.4 is 10.8 Å². The van der Waals surface area contributed by atoms with Crippen molar-refractivity contribution in [2.75, 3.05) is 5.32 Å². The maximum Gasteiger partial charge on any atom is 0.311 e. The van der Waals surface area contributed by atoms with E-state index >= 15 is 0 Å². The number of nitrogens with one attached hydrogen (secondary N) is 1. The molecule has 2 rings (SSSR count). The minimum absolute atomic E-state index is 0.0124. The Morgan fingerprint density at radius 1 is 1.12 bits per heavy atom. The highest BCUT2D eigenvalue weighted by Gasteiger charge is 2.03. The molecule has 0 aromatic heterocycles. The number of anilines is 1. The van der Waals surface area contributed by atoms with E-state index in [2.05, 4.69) is 11.4 Å². The van der Waals surface area contributed by atoms with E-state index in [4.69, 9.17) is 4.65 Å². The van der Waals surface area contributed by atoms with E-state index < -0.39 is 0 Å². The van der Waals surface area contributed by atoms with Crippen LogP contribution in [0.25, 0.3) is 0 Å². The molecule has 1 unspecified atom stereocenters. The van der Waals surface area contributed by atoms with Crippen molar-refractivity contribution in [3.63, 3.8) is 0 Å². The number of hydrogen-bond donors (Lipinski definition) is 1. The molecule has 0 aliphatic carbocycles. The molecule has 0 bridgehead atoms. The van der Waals surface area contributed by atoms with Gasteiger partial charge in [-0.1, -0.05) is 47.9 Å². The fraction of sp³-hybridized carbons (Fsp3) is 0.143. The maximum atomic E-state index is 5.71. The molecule has 1 radical (unpaired) electrons. The lowest BCUT2D eigenvalue weighted by Gasteiger charge is -2.16. The zero-order chi connectivity index (χ0) is 11.9. The molecule has 0 heterocycles. The summed E-state index contributed by atoms with van der Waals surface area (Å²) in [5, 5.41) is 3.28. The highest BCUT2D eigenvalue weighted by atomic mass is 16.5. The Balaban J connectivity index is 1.80. The number of rotatable bonds is 5. The minimum atomic E-state index is -0.0124. The smallest absolute Gasteiger partial charge is 0.311 e. The Bertz CT molecular complexity index is 432. The van der Waals surface area contributed by atoms with Crippen LogP contribution >= 0.6 is 0 Å². The van der Waals surface area contributed by atoms with Gasteiger partial charge in [0.2, 0.25) is 0 Å². The lowest BCUT2D eigenvalue weighted by Crippen LogP contribution is -2.27. The molecule has 0 saturated heterocycles. The van der Waals surface area contributed by atoms with E-state index in [1.807, 2.05) is 61.5 Å². The molecule has 0 spiro atoms. The van der Waals surface area contributed by atoms with Gasteiger partial charge >= 0.3 is 7.48 Å². The second-order valence-corrected chi connectivity index (χ2v) is 3.87. The Hall–Kier alpha value is -1.74. The summed E-state index contributed by atoms with van der Waals surface area (Å²) in [6.45, 7) is 2.00. The largest absolute Gasteiger partial charge is 0.416 e.